The average molecular weight is 291 g/mol. The van der Waals surface area contributed by atoms with Gasteiger partial charge in [0.05, 0.1) is 24.3 Å². The molecule has 0 aliphatic carbocycles. The van der Waals surface area contributed by atoms with Crippen LogP contribution in [0, 0.1) is 11.3 Å². The van der Waals surface area contributed by atoms with Crippen LogP contribution in [0.2, 0.25) is 0 Å². The molecule has 1 aromatic carbocycles. The zero-order valence-corrected chi connectivity index (χ0v) is 12.9. The Balaban J connectivity index is 2.34. The van der Waals surface area contributed by atoms with Crippen LogP contribution in [0.25, 0.3) is 0 Å². The van der Waals surface area contributed by atoms with Gasteiger partial charge in [-0.2, -0.15) is 5.26 Å². The summed E-state index contributed by atoms with van der Waals surface area (Å²) in [6.45, 7) is 1.94. The van der Waals surface area contributed by atoms with Gasteiger partial charge < -0.3 is 4.74 Å². The van der Waals surface area contributed by atoms with E-state index in [1.807, 2.05) is 25.1 Å². The van der Waals surface area contributed by atoms with Gasteiger partial charge in [0.15, 0.2) is 0 Å². The Labute approximate surface area is 125 Å². The molecule has 1 aromatic rings. The zero-order chi connectivity index (χ0) is 14.8. The van der Waals surface area contributed by atoms with Crippen molar-refractivity contribution in [2.75, 3.05) is 12.9 Å². The van der Waals surface area contributed by atoms with Crippen LogP contribution in [0.4, 0.5) is 0 Å². The first-order chi connectivity index (χ1) is 9.59. The number of benzene rings is 1. The topological polar surface area (TPSA) is 50.1 Å². The van der Waals surface area contributed by atoms with Crippen molar-refractivity contribution in [3.63, 3.8) is 0 Å². The number of esters is 1. The van der Waals surface area contributed by atoms with Crippen LogP contribution in [0.5, 0.6) is 0 Å². The van der Waals surface area contributed by atoms with E-state index in [1.165, 1.54) is 12.7 Å². The first-order valence-corrected chi connectivity index (χ1v) is 7.74. The first-order valence-electron chi connectivity index (χ1n) is 6.75. The molecule has 0 aromatic heterocycles. The molecule has 3 nitrogen and oxygen atoms in total. The number of methoxy groups -OCH3 is 1. The lowest BCUT2D eigenvalue weighted by atomic mass is 10.0. The lowest BCUT2D eigenvalue weighted by molar-refractivity contribution is -0.140. The average Bonchev–Trinajstić information content (AvgIpc) is 2.48. The minimum absolute atomic E-state index is 0.220. The number of thioether (sulfide) groups is 1. The Bertz CT molecular complexity index is 455. The van der Waals surface area contributed by atoms with E-state index in [2.05, 4.69) is 22.9 Å². The van der Waals surface area contributed by atoms with Gasteiger partial charge >= 0.3 is 5.97 Å². The van der Waals surface area contributed by atoms with Crippen molar-refractivity contribution in [1.29, 1.82) is 5.26 Å². The summed E-state index contributed by atoms with van der Waals surface area (Å²) in [6, 6.07) is 12.6. The Morgan fingerprint density at radius 3 is 2.70 bits per heavy atom. The number of hydrogen-bond acceptors (Lipinski definition) is 4. The molecule has 0 saturated carbocycles. The molecule has 108 valence electrons. The number of carbonyl (C=O) groups excluding carboxylic acids is 1. The third kappa shape index (κ3) is 6.12. The van der Waals surface area contributed by atoms with Gasteiger partial charge in [-0.15, -0.1) is 11.8 Å². The van der Waals surface area contributed by atoms with E-state index in [9.17, 15) is 10.1 Å². The summed E-state index contributed by atoms with van der Waals surface area (Å²) >= 11 is 1.54. The van der Waals surface area contributed by atoms with Gasteiger partial charge in [0.25, 0.3) is 0 Å². The van der Waals surface area contributed by atoms with E-state index in [0.717, 1.165) is 19.3 Å². The van der Waals surface area contributed by atoms with E-state index in [-0.39, 0.29) is 5.97 Å². The van der Waals surface area contributed by atoms with Crippen molar-refractivity contribution in [2.45, 2.75) is 37.4 Å². The molecular weight excluding hydrogens is 270 g/mol. The van der Waals surface area contributed by atoms with Crippen LogP contribution < -0.4 is 0 Å². The molecule has 0 fully saturated rings. The van der Waals surface area contributed by atoms with Crippen molar-refractivity contribution in [3.05, 3.63) is 35.9 Å². The summed E-state index contributed by atoms with van der Waals surface area (Å²) < 4.78 is 4.17. The number of ether oxygens (including phenoxy) is 1. The SMILES string of the molecule is COC(=O)CCSC(C)(C#N)CCCc1ccccc1. The molecule has 0 spiro atoms. The van der Waals surface area contributed by atoms with Gasteiger partial charge in [0.1, 0.15) is 0 Å². The second kappa shape index (κ2) is 8.65. The van der Waals surface area contributed by atoms with Gasteiger partial charge in [-0.25, -0.2) is 0 Å². The largest absolute Gasteiger partial charge is 0.469 e. The summed E-state index contributed by atoms with van der Waals surface area (Å²) in [5, 5.41) is 9.32. The highest BCUT2D eigenvalue weighted by molar-refractivity contribution is 8.00. The maximum Gasteiger partial charge on any atom is 0.306 e. The summed E-state index contributed by atoms with van der Waals surface area (Å²) in [6.07, 6.45) is 3.14. The molecule has 1 atom stereocenters. The lowest BCUT2D eigenvalue weighted by Crippen LogP contribution is -2.19. The van der Waals surface area contributed by atoms with Gasteiger partial charge in [0.2, 0.25) is 0 Å². The number of nitriles is 1. The molecule has 1 unspecified atom stereocenters. The van der Waals surface area contributed by atoms with Crippen LogP contribution in [0.3, 0.4) is 0 Å². The van der Waals surface area contributed by atoms with Gasteiger partial charge in [-0.1, -0.05) is 30.3 Å². The molecule has 1 rings (SSSR count). The monoisotopic (exact) mass is 291 g/mol. The normalized spacial score (nSPS) is 13.2. The van der Waals surface area contributed by atoms with Gasteiger partial charge in [-0.3, -0.25) is 4.79 Å². The Kier molecular flexibility index (Phi) is 7.17. The lowest BCUT2D eigenvalue weighted by Gasteiger charge is -2.20. The number of carbonyl (C=O) groups is 1. The first kappa shape index (κ1) is 16.6. The fourth-order valence-electron chi connectivity index (χ4n) is 1.90. The number of nitrogens with zero attached hydrogens (tertiary/aromatic N) is 1. The molecule has 0 radical (unpaired) electrons. The maximum atomic E-state index is 11.1. The molecule has 0 amide bonds. The van der Waals surface area contributed by atoms with Crippen LogP contribution in [0.15, 0.2) is 30.3 Å². The molecule has 0 bridgehead atoms. The zero-order valence-electron chi connectivity index (χ0n) is 12.1. The summed E-state index contributed by atoms with van der Waals surface area (Å²) in [4.78, 5) is 11.1. The second-order valence-corrected chi connectivity index (χ2v) is 6.45. The van der Waals surface area contributed by atoms with Crippen molar-refractivity contribution in [1.82, 2.24) is 0 Å². The Hall–Kier alpha value is -1.47. The standard InChI is InChI=1S/C16H21NO2S/c1-16(13-17,20-12-10-15(18)19-2)11-6-9-14-7-4-3-5-8-14/h3-5,7-8H,6,9-12H2,1-2H3. The van der Waals surface area contributed by atoms with Gasteiger partial charge in [-0.05, 0) is 31.7 Å². The fraction of sp³-hybridized carbons (Fsp3) is 0.500. The van der Waals surface area contributed by atoms with Crippen molar-refractivity contribution < 1.29 is 9.53 Å². The van der Waals surface area contributed by atoms with Crippen LogP contribution in [-0.2, 0) is 16.0 Å². The molecule has 0 aliphatic rings. The molecule has 0 saturated heterocycles. The van der Waals surface area contributed by atoms with Crippen molar-refractivity contribution in [2.24, 2.45) is 0 Å². The molecule has 0 N–H and O–H groups in total. The minimum atomic E-state index is -0.428. The fourth-order valence-corrected chi connectivity index (χ4v) is 2.97. The number of rotatable bonds is 8. The predicted molar refractivity (Wildman–Crippen MR) is 82.5 cm³/mol. The molecule has 20 heavy (non-hydrogen) atoms. The Morgan fingerprint density at radius 1 is 1.40 bits per heavy atom. The van der Waals surface area contributed by atoms with E-state index < -0.39 is 4.75 Å². The third-order valence-electron chi connectivity index (χ3n) is 3.15. The molecule has 0 aliphatic heterocycles. The summed E-state index contributed by atoms with van der Waals surface area (Å²) in [7, 11) is 1.39. The third-order valence-corrected chi connectivity index (χ3v) is 4.49. The summed E-state index contributed by atoms with van der Waals surface area (Å²) in [5.74, 6) is 0.407. The highest BCUT2D eigenvalue weighted by Gasteiger charge is 2.24. The smallest absolute Gasteiger partial charge is 0.306 e. The van der Waals surface area contributed by atoms with E-state index >= 15 is 0 Å². The van der Waals surface area contributed by atoms with E-state index in [1.54, 1.807) is 11.8 Å². The minimum Gasteiger partial charge on any atom is -0.469 e. The molecule has 0 heterocycles. The quantitative estimate of drug-likeness (QED) is 0.687. The number of hydrogen-bond donors (Lipinski definition) is 0. The molecule has 4 heteroatoms. The van der Waals surface area contributed by atoms with Crippen LogP contribution in [0.1, 0.15) is 31.7 Å². The molecular formula is C16H21NO2S. The Morgan fingerprint density at radius 2 is 2.10 bits per heavy atom. The van der Waals surface area contributed by atoms with Crippen LogP contribution in [-0.4, -0.2) is 23.6 Å². The van der Waals surface area contributed by atoms with Crippen molar-refractivity contribution in [3.8, 4) is 6.07 Å². The van der Waals surface area contributed by atoms with Crippen molar-refractivity contribution >= 4 is 17.7 Å². The van der Waals surface area contributed by atoms with E-state index in [4.69, 9.17) is 0 Å². The maximum absolute atomic E-state index is 11.1. The summed E-state index contributed by atoms with van der Waals surface area (Å²) in [5.41, 5.74) is 1.30. The highest BCUT2D eigenvalue weighted by atomic mass is 32.2. The second-order valence-electron chi connectivity index (χ2n) is 4.86. The highest BCUT2D eigenvalue weighted by Crippen LogP contribution is 2.30. The van der Waals surface area contributed by atoms with Crippen LogP contribution >= 0.6 is 11.8 Å². The van der Waals surface area contributed by atoms with E-state index in [0.29, 0.717) is 12.2 Å². The number of aryl methyl sites for hydroxylation is 1. The van der Waals surface area contributed by atoms with Gasteiger partial charge in [0, 0.05) is 5.75 Å². The predicted octanol–water partition coefficient (Wildman–Crippen LogP) is 3.59.